The normalized spacial score (nSPS) is 10.3. The van der Waals surface area contributed by atoms with E-state index in [1.54, 1.807) is 6.20 Å². The highest BCUT2D eigenvalue weighted by atomic mass is 16.1. The fourth-order valence-corrected chi connectivity index (χ4v) is 1.59. The van der Waals surface area contributed by atoms with Gasteiger partial charge in [0.25, 0.3) is 0 Å². The summed E-state index contributed by atoms with van der Waals surface area (Å²) < 4.78 is 0. The van der Waals surface area contributed by atoms with E-state index in [1.165, 1.54) is 0 Å². The predicted octanol–water partition coefficient (Wildman–Crippen LogP) is 1.61. The van der Waals surface area contributed by atoms with Gasteiger partial charge in [0.1, 0.15) is 0 Å². The molecule has 0 amide bonds. The summed E-state index contributed by atoms with van der Waals surface area (Å²) in [7, 11) is 0. The van der Waals surface area contributed by atoms with E-state index in [-0.39, 0.29) is 5.78 Å². The number of ketones is 1. The molecule has 0 saturated carbocycles. The summed E-state index contributed by atoms with van der Waals surface area (Å²) in [5, 5.41) is 6.76. The molecule has 0 bridgehead atoms. The van der Waals surface area contributed by atoms with Crippen molar-refractivity contribution >= 4 is 5.78 Å². The Morgan fingerprint density at radius 2 is 2.06 bits per heavy atom. The van der Waals surface area contributed by atoms with Crippen LogP contribution in [0.2, 0.25) is 0 Å². The van der Waals surface area contributed by atoms with Crippen LogP contribution < -0.4 is 5.73 Å². The van der Waals surface area contributed by atoms with E-state index in [4.69, 9.17) is 5.73 Å². The fraction of sp³-hybridized carbons (Fsp3) is 0.167. The number of benzene rings is 1. The van der Waals surface area contributed by atoms with Crippen molar-refractivity contribution in [3.05, 3.63) is 42.1 Å². The lowest BCUT2D eigenvalue weighted by atomic mass is 10.0. The number of nitrogens with zero attached hydrogens (tertiary/aromatic N) is 1. The molecule has 1 aromatic carbocycles. The third-order valence-corrected chi connectivity index (χ3v) is 2.37. The molecule has 16 heavy (non-hydrogen) atoms. The zero-order valence-electron chi connectivity index (χ0n) is 8.81. The van der Waals surface area contributed by atoms with E-state index >= 15 is 0 Å². The van der Waals surface area contributed by atoms with Gasteiger partial charge in [0, 0.05) is 12.0 Å². The Hall–Kier alpha value is -1.94. The molecule has 0 radical (unpaired) electrons. The number of carbonyl (C=O) groups is 1. The highest BCUT2D eigenvalue weighted by Crippen LogP contribution is 2.21. The van der Waals surface area contributed by atoms with E-state index in [9.17, 15) is 4.79 Å². The Labute approximate surface area is 93.5 Å². The minimum Gasteiger partial charge on any atom is -0.330 e. The first-order valence-electron chi connectivity index (χ1n) is 5.15. The molecule has 0 aliphatic heterocycles. The van der Waals surface area contributed by atoms with E-state index in [0.717, 1.165) is 11.3 Å². The summed E-state index contributed by atoms with van der Waals surface area (Å²) in [6.45, 7) is 0.359. The molecule has 82 valence electrons. The average molecular weight is 215 g/mol. The maximum absolute atomic E-state index is 11.8. The second-order valence-corrected chi connectivity index (χ2v) is 3.49. The molecule has 1 heterocycles. The van der Waals surface area contributed by atoms with Gasteiger partial charge in [-0.2, -0.15) is 5.10 Å². The fourth-order valence-electron chi connectivity index (χ4n) is 1.59. The Morgan fingerprint density at radius 1 is 1.31 bits per heavy atom. The van der Waals surface area contributed by atoms with Gasteiger partial charge < -0.3 is 5.73 Å². The number of nitrogens with one attached hydrogen (secondary N) is 1. The molecule has 0 saturated heterocycles. The smallest absolute Gasteiger partial charge is 0.167 e. The van der Waals surface area contributed by atoms with E-state index < -0.39 is 0 Å². The number of carbonyl (C=O) groups excluding carboxylic acids is 1. The zero-order valence-corrected chi connectivity index (χ0v) is 8.81. The molecule has 0 aliphatic carbocycles. The number of aromatic amines is 1. The van der Waals surface area contributed by atoms with Crippen molar-refractivity contribution in [1.82, 2.24) is 10.2 Å². The molecule has 0 spiro atoms. The van der Waals surface area contributed by atoms with Gasteiger partial charge in [0.05, 0.1) is 17.5 Å². The highest BCUT2D eigenvalue weighted by Gasteiger charge is 2.13. The molecule has 0 atom stereocenters. The highest BCUT2D eigenvalue weighted by molar-refractivity contribution is 6.01. The molecule has 2 rings (SSSR count). The van der Waals surface area contributed by atoms with E-state index in [0.29, 0.717) is 18.5 Å². The van der Waals surface area contributed by atoms with Crippen LogP contribution in [0, 0.1) is 0 Å². The molecule has 0 aliphatic rings. The SMILES string of the molecule is NCCC(=O)c1cn[nH]c1-c1ccccc1. The molecule has 3 N–H and O–H groups in total. The van der Waals surface area contributed by atoms with Gasteiger partial charge in [0.15, 0.2) is 5.78 Å². The lowest BCUT2D eigenvalue weighted by Crippen LogP contribution is -2.08. The minimum absolute atomic E-state index is 0.0232. The molecule has 1 aromatic heterocycles. The largest absolute Gasteiger partial charge is 0.330 e. The summed E-state index contributed by atoms with van der Waals surface area (Å²) in [6.07, 6.45) is 1.90. The molecule has 0 fully saturated rings. The topological polar surface area (TPSA) is 71.8 Å². The van der Waals surface area contributed by atoms with Crippen molar-refractivity contribution in [2.75, 3.05) is 6.54 Å². The number of Topliss-reactive ketones (excluding diaryl/α,β-unsaturated/α-hetero) is 1. The summed E-state index contributed by atoms with van der Waals surface area (Å²) in [6, 6.07) is 9.65. The lowest BCUT2D eigenvalue weighted by Gasteiger charge is -2.01. The Balaban J connectivity index is 2.37. The van der Waals surface area contributed by atoms with Crippen LogP contribution in [-0.2, 0) is 0 Å². The molecule has 4 nitrogen and oxygen atoms in total. The van der Waals surface area contributed by atoms with Gasteiger partial charge in [-0.1, -0.05) is 30.3 Å². The summed E-state index contributed by atoms with van der Waals surface area (Å²) >= 11 is 0. The third-order valence-electron chi connectivity index (χ3n) is 2.37. The molecular formula is C12H13N3O. The van der Waals surface area contributed by atoms with Crippen LogP contribution in [0.15, 0.2) is 36.5 Å². The standard InChI is InChI=1S/C12H13N3O/c13-7-6-11(16)10-8-14-15-12(10)9-4-2-1-3-5-9/h1-5,8H,6-7,13H2,(H,14,15). The summed E-state index contributed by atoms with van der Waals surface area (Å²) in [4.78, 5) is 11.8. The molecule has 0 unspecified atom stereocenters. The van der Waals surface area contributed by atoms with Gasteiger partial charge in [0.2, 0.25) is 0 Å². The lowest BCUT2D eigenvalue weighted by molar-refractivity contribution is 0.0986. The minimum atomic E-state index is 0.0232. The Kier molecular flexibility index (Phi) is 3.12. The van der Waals surface area contributed by atoms with Crippen LogP contribution in [0.4, 0.5) is 0 Å². The summed E-state index contributed by atoms with van der Waals surface area (Å²) in [5.74, 6) is 0.0232. The van der Waals surface area contributed by atoms with Gasteiger partial charge in [-0.25, -0.2) is 0 Å². The van der Waals surface area contributed by atoms with Crippen molar-refractivity contribution in [3.63, 3.8) is 0 Å². The van der Waals surface area contributed by atoms with Crippen LogP contribution in [0.3, 0.4) is 0 Å². The maximum Gasteiger partial charge on any atom is 0.167 e. The monoisotopic (exact) mass is 215 g/mol. The first-order chi connectivity index (χ1) is 7.83. The molecule has 4 heteroatoms. The number of nitrogens with two attached hydrogens (primary N) is 1. The van der Waals surface area contributed by atoms with Crippen molar-refractivity contribution in [3.8, 4) is 11.3 Å². The van der Waals surface area contributed by atoms with Crippen LogP contribution >= 0.6 is 0 Å². The Morgan fingerprint density at radius 3 is 2.75 bits per heavy atom. The molecular weight excluding hydrogens is 202 g/mol. The quantitative estimate of drug-likeness (QED) is 0.761. The first kappa shape index (κ1) is 10.6. The zero-order chi connectivity index (χ0) is 11.4. The first-order valence-corrected chi connectivity index (χ1v) is 5.15. The van der Waals surface area contributed by atoms with Crippen molar-refractivity contribution in [2.45, 2.75) is 6.42 Å². The third kappa shape index (κ3) is 2.01. The second kappa shape index (κ2) is 4.72. The van der Waals surface area contributed by atoms with Crippen LogP contribution in [0.5, 0.6) is 0 Å². The predicted molar refractivity (Wildman–Crippen MR) is 62.0 cm³/mol. The van der Waals surface area contributed by atoms with E-state index in [1.807, 2.05) is 30.3 Å². The number of aromatic nitrogens is 2. The van der Waals surface area contributed by atoms with Crippen molar-refractivity contribution in [2.24, 2.45) is 5.73 Å². The number of hydrogen-bond acceptors (Lipinski definition) is 3. The average Bonchev–Trinajstić information content (AvgIpc) is 2.79. The van der Waals surface area contributed by atoms with Crippen LogP contribution in [0.25, 0.3) is 11.3 Å². The van der Waals surface area contributed by atoms with Gasteiger partial charge >= 0.3 is 0 Å². The molecule has 2 aromatic rings. The van der Waals surface area contributed by atoms with Crippen molar-refractivity contribution < 1.29 is 4.79 Å². The Bertz CT molecular complexity index is 476. The van der Waals surface area contributed by atoms with Crippen LogP contribution in [-0.4, -0.2) is 22.5 Å². The van der Waals surface area contributed by atoms with Crippen molar-refractivity contribution in [1.29, 1.82) is 0 Å². The number of H-pyrrole nitrogens is 1. The second-order valence-electron chi connectivity index (χ2n) is 3.49. The summed E-state index contributed by atoms with van der Waals surface area (Å²) in [5.41, 5.74) is 7.70. The van der Waals surface area contributed by atoms with Crippen LogP contribution in [0.1, 0.15) is 16.8 Å². The number of hydrogen-bond donors (Lipinski definition) is 2. The maximum atomic E-state index is 11.8. The van der Waals surface area contributed by atoms with Gasteiger partial charge in [-0.05, 0) is 6.54 Å². The van der Waals surface area contributed by atoms with Gasteiger partial charge in [-0.15, -0.1) is 0 Å². The number of rotatable bonds is 4. The van der Waals surface area contributed by atoms with E-state index in [2.05, 4.69) is 10.2 Å². The van der Waals surface area contributed by atoms with Gasteiger partial charge in [-0.3, -0.25) is 9.89 Å².